The second-order valence-corrected chi connectivity index (χ2v) is 8.41. The molecule has 146 valence electrons. The van der Waals surface area contributed by atoms with Crippen molar-refractivity contribution >= 4 is 21.4 Å². The topological polar surface area (TPSA) is 74.7 Å². The van der Waals surface area contributed by atoms with Gasteiger partial charge in [0.05, 0.1) is 4.90 Å². The first kappa shape index (κ1) is 18.9. The third kappa shape index (κ3) is 3.19. The average molecular weight is 409 g/mol. The molecule has 0 saturated heterocycles. The molecule has 0 radical (unpaired) electrons. The number of rotatable bonds is 4. The van der Waals surface area contributed by atoms with Gasteiger partial charge in [-0.05, 0) is 42.0 Å². The van der Waals surface area contributed by atoms with E-state index >= 15 is 0 Å². The van der Waals surface area contributed by atoms with E-state index < -0.39 is 38.3 Å². The summed E-state index contributed by atoms with van der Waals surface area (Å²) in [4.78, 5) is 13.7. The highest BCUT2D eigenvalue weighted by atomic mass is 32.2. The summed E-state index contributed by atoms with van der Waals surface area (Å²) in [6, 6.07) is 20.1. The number of para-hydroxylation sites is 1. The molecule has 7 heteroatoms. The van der Waals surface area contributed by atoms with Gasteiger partial charge in [-0.1, -0.05) is 48.5 Å². The molecule has 29 heavy (non-hydrogen) atoms. The highest BCUT2D eigenvalue weighted by Gasteiger charge is 2.47. The monoisotopic (exact) mass is 409 g/mol. The van der Waals surface area contributed by atoms with Gasteiger partial charge in [0.25, 0.3) is 5.91 Å². The van der Waals surface area contributed by atoms with Crippen LogP contribution in [0.15, 0.2) is 100 Å². The van der Waals surface area contributed by atoms with E-state index in [1.165, 1.54) is 41.3 Å². The maximum absolute atomic E-state index is 13.5. The van der Waals surface area contributed by atoms with Crippen molar-refractivity contribution in [2.75, 3.05) is 4.90 Å². The van der Waals surface area contributed by atoms with E-state index in [0.717, 1.165) is 0 Å². The van der Waals surface area contributed by atoms with E-state index in [2.05, 4.69) is 0 Å². The Labute approximate surface area is 167 Å². The lowest BCUT2D eigenvalue weighted by atomic mass is 10.1. The molecule has 1 atom stereocenters. The quantitative estimate of drug-likeness (QED) is 0.702. The van der Waals surface area contributed by atoms with E-state index in [1.807, 2.05) is 0 Å². The van der Waals surface area contributed by atoms with Crippen molar-refractivity contribution in [1.29, 1.82) is 0 Å². The molecule has 0 aromatic heterocycles. The molecule has 1 heterocycles. The summed E-state index contributed by atoms with van der Waals surface area (Å²) >= 11 is 0. The predicted molar refractivity (Wildman–Crippen MR) is 106 cm³/mol. The highest BCUT2D eigenvalue weighted by Crippen LogP contribution is 2.44. The maximum atomic E-state index is 13.5. The number of carbonyl (C=O) groups is 1. The van der Waals surface area contributed by atoms with Crippen LogP contribution in [-0.4, -0.2) is 19.4 Å². The van der Waals surface area contributed by atoms with Gasteiger partial charge in [0.2, 0.25) is 9.84 Å². The zero-order valence-corrected chi connectivity index (χ0v) is 15.9. The van der Waals surface area contributed by atoms with Crippen LogP contribution in [0.1, 0.15) is 11.6 Å². The van der Waals surface area contributed by atoms with Gasteiger partial charge in [0, 0.05) is 5.69 Å². The van der Waals surface area contributed by atoms with Crippen molar-refractivity contribution < 1.29 is 22.7 Å². The minimum atomic E-state index is -4.20. The van der Waals surface area contributed by atoms with Gasteiger partial charge in [0.15, 0.2) is 5.76 Å². The zero-order chi connectivity index (χ0) is 20.6. The lowest BCUT2D eigenvalue weighted by molar-refractivity contribution is -0.117. The van der Waals surface area contributed by atoms with Gasteiger partial charge < -0.3 is 5.11 Å². The first-order valence-corrected chi connectivity index (χ1v) is 10.3. The summed E-state index contributed by atoms with van der Waals surface area (Å²) in [5, 5.41) is 10.6. The molecular weight excluding hydrogens is 393 g/mol. The first-order valence-electron chi connectivity index (χ1n) is 8.78. The molecule has 0 spiro atoms. The van der Waals surface area contributed by atoms with Gasteiger partial charge in [0.1, 0.15) is 16.8 Å². The molecule has 4 rings (SSSR count). The van der Waals surface area contributed by atoms with Crippen LogP contribution in [0, 0.1) is 5.82 Å². The summed E-state index contributed by atoms with van der Waals surface area (Å²) < 4.78 is 40.2. The maximum Gasteiger partial charge on any atom is 0.295 e. The van der Waals surface area contributed by atoms with Gasteiger partial charge in [-0.2, -0.15) is 0 Å². The smallest absolute Gasteiger partial charge is 0.295 e. The average Bonchev–Trinajstić information content (AvgIpc) is 3.01. The Kier molecular flexibility index (Phi) is 4.68. The molecule has 5 nitrogen and oxygen atoms in total. The fraction of sp³-hybridized carbons (Fsp3) is 0.0455. The predicted octanol–water partition coefficient (Wildman–Crippen LogP) is 4.16. The van der Waals surface area contributed by atoms with Crippen LogP contribution in [0.25, 0.3) is 0 Å². The third-order valence-electron chi connectivity index (χ3n) is 4.72. The summed E-state index contributed by atoms with van der Waals surface area (Å²) in [5.41, 5.74) is 0.777. The van der Waals surface area contributed by atoms with Crippen LogP contribution in [0.5, 0.6) is 0 Å². The lowest BCUT2D eigenvalue weighted by Crippen LogP contribution is -2.31. The minimum Gasteiger partial charge on any atom is -0.502 e. The van der Waals surface area contributed by atoms with Gasteiger partial charge >= 0.3 is 0 Å². The second kappa shape index (κ2) is 7.18. The summed E-state index contributed by atoms with van der Waals surface area (Å²) in [6.45, 7) is 0. The Bertz CT molecular complexity index is 1190. The summed E-state index contributed by atoms with van der Waals surface area (Å²) in [6.07, 6.45) is 0. The van der Waals surface area contributed by atoms with Crippen molar-refractivity contribution in [2.45, 2.75) is 10.9 Å². The van der Waals surface area contributed by atoms with Crippen LogP contribution in [0.3, 0.4) is 0 Å². The van der Waals surface area contributed by atoms with E-state index in [-0.39, 0.29) is 4.90 Å². The van der Waals surface area contributed by atoms with Crippen LogP contribution in [0.4, 0.5) is 10.1 Å². The molecule has 3 aromatic carbocycles. The third-order valence-corrected chi connectivity index (χ3v) is 6.61. The number of hydrogen-bond donors (Lipinski definition) is 1. The van der Waals surface area contributed by atoms with Crippen molar-refractivity contribution in [3.05, 3.63) is 107 Å². The number of hydrogen-bond acceptors (Lipinski definition) is 4. The Morgan fingerprint density at radius 3 is 1.97 bits per heavy atom. The van der Waals surface area contributed by atoms with E-state index in [0.29, 0.717) is 11.3 Å². The van der Waals surface area contributed by atoms with Gasteiger partial charge in [-0.3, -0.25) is 9.69 Å². The van der Waals surface area contributed by atoms with Crippen LogP contribution >= 0.6 is 0 Å². The van der Waals surface area contributed by atoms with Gasteiger partial charge in [-0.15, -0.1) is 0 Å². The molecule has 1 aliphatic rings. The minimum absolute atomic E-state index is 0.0450. The molecule has 3 aromatic rings. The fourth-order valence-corrected chi connectivity index (χ4v) is 5.03. The normalized spacial score (nSPS) is 17.1. The fourth-order valence-electron chi connectivity index (χ4n) is 3.38. The number of anilines is 1. The number of benzene rings is 3. The molecule has 0 unspecified atom stereocenters. The number of sulfone groups is 1. The van der Waals surface area contributed by atoms with Crippen molar-refractivity contribution in [3.8, 4) is 0 Å². The lowest BCUT2D eigenvalue weighted by Gasteiger charge is -2.27. The molecule has 1 N–H and O–H groups in total. The molecule has 0 saturated carbocycles. The number of aliphatic hydroxyl groups excluding tert-OH is 1. The van der Waals surface area contributed by atoms with E-state index in [9.17, 15) is 22.7 Å². The highest BCUT2D eigenvalue weighted by molar-refractivity contribution is 7.95. The molecule has 1 amide bonds. The van der Waals surface area contributed by atoms with E-state index in [1.54, 1.807) is 48.5 Å². The van der Waals surface area contributed by atoms with E-state index in [4.69, 9.17) is 0 Å². The largest absolute Gasteiger partial charge is 0.502 e. The van der Waals surface area contributed by atoms with Gasteiger partial charge in [-0.25, -0.2) is 12.8 Å². The Morgan fingerprint density at radius 1 is 0.828 bits per heavy atom. The van der Waals surface area contributed by atoms with Crippen molar-refractivity contribution in [1.82, 2.24) is 0 Å². The summed E-state index contributed by atoms with van der Waals surface area (Å²) in [5.74, 6) is -2.17. The SMILES string of the molecule is O=C1C(O)=C(S(=O)(=O)c2ccccc2)[C@H](c2ccc(F)cc2)N1c1ccccc1. The Morgan fingerprint density at radius 2 is 1.38 bits per heavy atom. The number of carbonyl (C=O) groups excluding carboxylic acids is 1. The van der Waals surface area contributed by atoms with Crippen LogP contribution < -0.4 is 4.90 Å². The Balaban J connectivity index is 1.95. The first-order chi connectivity index (χ1) is 13.9. The Hall–Kier alpha value is -3.45. The molecule has 0 bridgehead atoms. The molecule has 0 fully saturated rings. The van der Waals surface area contributed by atoms with Crippen LogP contribution in [-0.2, 0) is 14.6 Å². The summed E-state index contributed by atoms with van der Waals surface area (Å²) in [7, 11) is -4.20. The second-order valence-electron chi connectivity index (χ2n) is 6.49. The number of aliphatic hydroxyl groups is 1. The number of halogens is 1. The van der Waals surface area contributed by atoms with Crippen LogP contribution in [0.2, 0.25) is 0 Å². The standard InChI is InChI=1S/C22H16FNO4S/c23-16-13-11-15(12-14-16)19-21(29(27,28)18-9-5-2-6-10-18)20(25)22(26)24(19)17-7-3-1-4-8-17/h1-14,19,25H/t19-/m0/s1. The number of amides is 1. The van der Waals surface area contributed by atoms with Crippen molar-refractivity contribution in [3.63, 3.8) is 0 Å². The molecular formula is C22H16FNO4S. The number of nitrogens with zero attached hydrogens (tertiary/aromatic N) is 1. The molecule has 1 aliphatic heterocycles. The zero-order valence-electron chi connectivity index (χ0n) is 15.1. The van der Waals surface area contributed by atoms with Crippen molar-refractivity contribution in [2.24, 2.45) is 0 Å². The molecule has 0 aliphatic carbocycles.